The molecule has 0 aliphatic carbocycles. The smallest absolute Gasteiger partial charge is 0.323 e. The van der Waals surface area contributed by atoms with Crippen molar-refractivity contribution >= 4 is 11.8 Å². The van der Waals surface area contributed by atoms with Crippen molar-refractivity contribution in [3.05, 3.63) is 71.9 Å². The van der Waals surface area contributed by atoms with Gasteiger partial charge in [0.05, 0.1) is 0 Å². The molecule has 1 saturated heterocycles. The van der Waals surface area contributed by atoms with Crippen molar-refractivity contribution in [2.45, 2.75) is 20.3 Å². The Morgan fingerprint density at radius 3 is 2.27 bits per heavy atom. The second-order valence-electron chi connectivity index (χ2n) is 7.53. The number of rotatable bonds is 5. The normalized spacial score (nSPS) is 17.5. The van der Waals surface area contributed by atoms with E-state index in [1.165, 1.54) is 0 Å². The van der Waals surface area contributed by atoms with Crippen molar-refractivity contribution in [3.8, 4) is 11.1 Å². The second kappa shape index (κ2) is 7.16. The number of nitrogens with zero attached hydrogens (tertiary/aromatic N) is 1. The third kappa shape index (κ3) is 4.20. The van der Waals surface area contributed by atoms with Crippen LogP contribution in [0.15, 0.2) is 66.4 Å². The van der Waals surface area contributed by atoms with E-state index in [-0.39, 0.29) is 17.7 Å². The molecular formula is C22H23NO3. The number of carbonyl (C=O) groups is 2. The van der Waals surface area contributed by atoms with Gasteiger partial charge in [-0.3, -0.25) is 9.59 Å². The van der Waals surface area contributed by atoms with Crippen molar-refractivity contribution in [2.75, 3.05) is 13.1 Å². The third-order valence-electron chi connectivity index (χ3n) is 4.59. The Kier molecular flexibility index (Phi) is 4.94. The van der Waals surface area contributed by atoms with Gasteiger partial charge in [-0.1, -0.05) is 68.4 Å². The summed E-state index contributed by atoms with van der Waals surface area (Å²) in [5.74, 6) is -0.971. The van der Waals surface area contributed by atoms with Gasteiger partial charge in [-0.25, -0.2) is 0 Å². The van der Waals surface area contributed by atoms with Crippen LogP contribution in [0.1, 0.15) is 30.6 Å². The lowest BCUT2D eigenvalue weighted by Crippen LogP contribution is -2.28. The molecule has 0 saturated carbocycles. The first-order chi connectivity index (χ1) is 12.3. The van der Waals surface area contributed by atoms with Gasteiger partial charge in [0.25, 0.3) is 0 Å². The fourth-order valence-corrected chi connectivity index (χ4v) is 3.43. The Balaban J connectivity index is 1.80. The first kappa shape index (κ1) is 17.9. The molecule has 1 N–H and O–H groups in total. The van der Waals surface area contributed by atoms with Crippen LogP contribution in [0.3, 0.4) is 0 Å². The number of ketones is 1. The van der Waals surface area contributed by atoms with Crippen molar-refractivity contribution in [2.24, 2.45) is 5.41 Å². The maximum atomic E-state index is 12.6. The Morgan fingerprint density at radius 1 is 1.04 bits per heavy atom. The van der Waals surface area contributed by atoms with Gasteiger partial charge in [-0.05, 0) is 23.0 Å². The number of carboxylic acids is 1. The predicted octanol–water partition coefficient (Wildman–Crippen LogP) is 4.24. The monoisotopic (exact) mass is 349 g/mol. The quantitative estimate of drug-likeness (QED) is 0.648. The lowest BCUT2D eigenvalue weighted by Gasteiger charge is -2.19. The number of carbonyl (C=O) groups excluding carboxylic acids is 1. The van der Waals surface area contributed by atoms with Gasteiger partial charge in [0.2, 0.25) is 0 Å². The maximum absolute atomic E-state index is 12.6. The first-order valence-electron chi connectivity index (χ1n) is 8.71. The molecule has 1 heterocycles. The summed E-state index contributed by atoms with van der Waals surface area (Å²) in [5.41, 5.74) is 3.55. The standard InChI is InChI=1S/C22H23NO3/c1-22(2)13-19(23(15-22)14-21(25)26)12-20(24)18-10-8-17(9-11-18)16-6-4-3-5-7-16/h3-12H,13-15H2,1-2H3,(H,25,26)/b19-12+. The molecule has 1 aliphatic heterocycles. The van der Waals surface area contributed by atoms with Crippen LogP contribution in [0, 0.1) is 5.41 Å². The molecule has 0 radical (unpaired) electrons. The van der Waals surface area contributed by atoms with Gasteiger partial charge >= 0.3 is 5.97 Å². The molecule has 0 amide bonds. The zero-order valence-corrected chi connectivity index (χ0v) is 15.1. The van der Waals surface area contributed by atoms with E-state index >= 15 is 0 Å². The van der Waals surface area contributed by atoms with E-state index < -0.39 is 5.97 Å². The molecule has 4 heteroatoms. The zero-order valence-electron chi connectivity index (χ0n) is 15.1. The van der Waals surface area contributed by atoms with Gasteiger partial charge in [-0.2, -0.15) is 0 Å². The highest BCUT2D eigenvalue weighted by Crippen LogP contribution is 2.36. The Labute approximate surface area is 153 Å². The molecule has 1 fully saturated rings. The topological polar surface area (TPSA) is 57.6 Å². The maximum Gasteiger partial charge on any atom is 0.323 e. The zero-order chi connectivity index (χ0) is 18.7. The summed E-state index contributed by atoms with van der Waals surface area (Å²) >= 11 is 0. The molecule has 2 aromatic rings. The summed E-state index contributed by atoms with van der Waals surface area (Å²) in [6, 6.07) is 17.5. The molecule has 4 nitrogen and oxygen atoms in total. The number of carboxylic acid groups (broad SMARTS) is 1. The minimum absolute atomic E-state index is 0.0290. The number of likely N-dealkylation sites (tertiary alicyclic amines) is 1. The fourth-order valence-electron chi connectivity index (χ4n) is 3.43. The molecule has 3 rings (SSSR count). The van der Waals surface area contributed by atoms with E-state index in [0.717, 1.165) is 16.8 Å². The van der Waals surface area contributed by atoms with Crippen LogP contribution in [0.4, 0.5) is 0 Å². The summed E-state index contributed by atoms with van der Waals surface area (Å²) in [6.07, 6.45) is 2.29. The van der Waals surface area contributed by atoms with Gasteiger partial charge in [0.15, 0.2) is 5.78 Å². The molecule has 134 valence electrons. The number of aliphatic carboxylic acids is 1. The van der Waals surface area contributed by atoms with Crippen LogP contribution in [0.25, 0.3) is 11.1 Å². The summed E-state index contributed by atoms with van der Waals surface area (Å²) in [5, 5.41) is 9.10. The predicted molar refractivity (Wildman–Crippen MR) is 102 cm³/mol. The molecule has 0 unspecified atom stereocenters. The van der Waals surface area contributed by atoms with Crippen molar-refractivity contribution < 1.29 is 14.7 Å². The highest BCUT2D eigenvalue weighted by atomic mass is 16.4. The minimum atomic E-state index is -0.881. The Hall–Kier alpha value is -2.88. The number of hydrogen-bond acceptors (Lipinski definition) is 3. The first-order valence-corrected chi connectivity index (χ1v) is 8.71. The lowest BCUT2D eigenvalue weighted by atomic mass is 9.92. The summed E-state index contributed by atoms with van der Waals surface area (Å²) in [7, 11) is 0. The molecule has 0 atom stereocenters. The van der Waals surface area contributed by atoms with Crippen molar-refractivity contribution in [1.82, 2.24) is 4.90 Å². The van der Waals surface area contributed by atoms with Crippen LogP contribution in [-0.2, 0) is 4.79 Å². The van der Waals surface area contributed by atoms with Crippen LogP contribution < -0.4 is 0 Å². The van der Waals surface area contributed by atoms with Gasteiger partial charge < -0.3 is 10.0 Å². The lowest BCUT2D eigenvalue weighted by molar-refractivity contribution is -0.137. The average molecular weight is 349 g/mol. The van der Waals surface area contributed by atoms with E-state index in [9.17, 15) is 9.59 Å². The molecule has 0 bridgehead atoms. The molecule has 2 aromatic carbocycles. The SMILES string of the molecule is CC1(C)C/C(=C\C(=O)c2ccc(-c3ccccc3)cc2)N(CC(=O)O)C1. The molecular weight excluding hydrogens is 326 g/mol. The average Bonchev–Trinajstić information content (AvgIpc) is 2.88. The van der Waals surface area contributed by atoms with Crippen LogP contribution in [-0.4, -0.2) is 34.8 Å². The van der Waals surface area contributed by atoms with Crippen LogP contribution in [0.2, 0.25) is 0 Å². The number of hydrogen-bond donors (Lipinski definition) is 1. The van der Waals surface area contributed by atoms with E-state index in [0.29, 0.717) is 18.5 Å². The van der Waals surface area contributed by atoms with Crippen molar-refractivity contribution in [3.63, 3.8) is 0 Å². The van der Waals surface area contributed by atoms with E-state index in [1.54, 1.807) is 11.0 Å². The Morgan fingerprint density at radius 2 is 1.65 bits per heavy atom. The minimum Gasteiger partial charge on any atom is -0.480 e. The highest BCUT2D eigenvalue weighted by Gasteiger charge is 2.34. The third-order valence-corrected chi connectivity index (χ3v) is 4.59. The highest BCUT2D eigenvalue weighted by molar-refractivity contribution is 6.05. The molecule has 1 aliphatic rings. The number of benzene rings is 2. The van der Waals surface area contributed by atoms with E-state index in [2.05, 4.69) is 13.8 Å². The van der Waals surface area contributed by atoms with Gasteiger partial charge in [-0.15, -0.1) is 0 Å². The van der Waals surface area contributed by atoms with E-state index in [4.69, 9.17) is 5.11 Å². The fraction of sp³-hybridized carbons (Fsp3) is 0.273. The summed E-state index contributed by atoms with van der Waals surface area (Å²) in [6.45, 7) is 4.74. The van der Waals surface area contributed by atoms with Gasteiger partial charge in [0.1, 0.15) is 6.54 Å². The summed E-state index contributed by atoms with van der Waals surface area (Å²) in [4.78, 5) is 25.5. The number of allylic oxidation sites excluding steroid dienone is 2. The van der Waals surface area contributed by atoms with Crippen LogP contribution in [0.5, 0.6) is 0 Å². The largest absolute Gasteiger partial charge is 0.480 e. The van der Waals surface area contributed by atoms with E-state index in [1.807, 2.05) is 54.6 Å². The molecule has 0 aromatic heterocycles. The van der Waals surface area contributed by atoms with Gasteiger partial charge in [0, 0.05) is 23.9 Å². The second-order valence-corrected chi connectivity index (χ2v) is 7.53. The van der Waals surface area contributed by atoms with Crippen molar-refractivity contribution in [1.29, 1.82) is 0 Å². The van der Waals surface area contributed by atoms with Crippen LogP contribution >= 0.6 is 0 Å². The summed E-state index contributed by atoms with van der Waals surface area (Å²) < 4.78 is 0. The Bertz CT molecular complexity index is 835. The molecule has 26 heavy (non-hydrogen) atoms. The molecule has 0 spiro atoms.